The highest BCUT2D eigenvalue weighted by Crippen LogP contribution is 2.18. The van der Waals surface area contributed by atoms with Gasteiger partial charge in [-0.1, -0.05) is 183 Å². The molecule has 0 amide bonds. The molecule has 0 saturated heterocycles. The van der Waals surface area contributed by atoms with E-state index in [1.807, 2.05) is 0 Å². The van der Waals surface area contributed by atoms with E-state index < -0.39 is 5.97 Å². The number of carboxylic acids is 1. The first-order chi connectivity index (χ1) is 24.6. The molecule has 0 aliphatic carbocycles. The summed E-state index contributed by atoms with van der Waals surface area (Å²) in [6.07, 6.45) is 58.1. The molecule has 0 fully saturated rings. The number of hydrogen-bond donors (Lipinski definition) is 1. The maximum Gasteiger partial charge on any atom is 0.306 e. The summed E-state index contributed by atoms with van der Waals surface area (Å²) in [6.45, 7) is 4.41. The van der Waals surface area contributed by atoms with Gasteiger partial charge in [0.2, 0.25) is 0 Å². The van der Waals surface area contributed by atoms with Gasteiger partial charge < -0.3 is 9.84 Å². The molecule has 0 aromatic rings. The minimum atomic E-state index is -0.672. The van der Waals surface area contributed by atoms with Crippen LogP contribution in [0.1, 0.15) is 200 Å². The second-order valence-electron chi connectivity index (χ2n) is 13.8. The Kier molecular flexibility index (Phi) is 38.7. The van der Waals surface area contributed by atoms with E-state index in [4.69, 9.17) is 9.84 Å². The lowest BCUT2D eigenvalue weighted by Gasteiger charge is -2.18. The Bertz CT molecular complexity index is 922. The van der Waals surface area contributed by atoms with E-state index in [0.717, 1.165) is 83.5 Å². The summed E-state index contributed by atoms with van der Waals surface area (Å²) < 4.78 is 5.99. The SMILES string of the molecule is CC/C=C\C/C=C\C/C=C\C/C=C\C/C=C\C/C=C\CCC(=O)OC(CCCCCCC)CCCCCCCCCCCCCCCC(=O)O. The van der Waals surface area contributed by atoms with Crippen LogP contribution in [-0.4, -0.2) is 23.1 Å². The van der Waals surface area contributed by atoms with Crippen LogP contribution in [0.25, 0.3) is 0 Å². The van der Waals surface area contributed by atoms with E-state index in [2.05, 4.69) is 86.8 Å². The molecule has 0 aromatic heterocycles. The van der Waals surface area contributed by atoms with Gasteiger partial charge in [0.1, 0.15) is 6.10 Å². The molecule has 4 nitrogen and oxygen atoms in total. The molecule has 0 rings (SSSR count). The highest BCUT2D eigenvalue weighted by Gasteiger charge is 2.14. The number of ether oxygens (including phenoxy) is 1. The Morgan fingerprint density at radius 1 is 0.460 bits per heavy atom. The van der Waals surface area contributed by atoms with Crippen LogP contribution in [0.2, 0.25) is 0 Å². The molecule has 0 saturated carbocycles. The molecule has 286 valence electrons. The molecule has 1 N–H and O–H groups in total. The summed E-state index contributed by atoms with van der Waals surface area (Å²) in [5.74, 6) is -0.710. The smallest absolute Gasteiger partial charge is 0.306 e. The fourth-order valence-electron chi connectivity index (χ4n) is 5.92. The zero-order valence-electron chi connectivity index (χ0n) is 32.7. The second-order valence-corrected chi connectivity index (χ2v) is 13.8. The van der Waals surface area contributed by atoms with Crippen molar-refractivity contribution in [3.8, 4) is 0 Å². The summed E-state index contributed by atoms with van der Waals surface area (Å²) in [5, 5.41) is 8.69. The fourth-order valence-corrected chi connectivity index (χ4v) is 5.92. The maximum atomic E-state index is 12.6. The van der Waals surface area contributed by atoms with Crippen LogP contribution in [0.4, 0.5) is 0 Å². The van der Waals surface area contributed by atoms with Gasteiger partial charge in [-0.25, -0.2) is 0 Å². The fraction of sp³-hybridized carbons (Fsp3) is 0.696. The van der Waals surface area contributed by atoms with Gasteiger partial charge in [-0.2, -0.15) is 0 Å². The third-order valence-electron chi connectivity index (χ3n) is 8.96. The van der Waals surface area contributed by atoms with Gasteiger partial charge >= 0.3 is 11.9 Å². The molecule has 4 heteroatoms. The van der Waals surface area contributed by atoms with E-state index in [0.29, 0.717) is 12.8 Å². The van der Waals surface area contributed by atoms with Gasteiger partial charge in [0.05, 0.1) is 0 Å². The van der Waals surface area contributed by atoms with E-state index in [9.17, 15) is 9.59 Å². The molecular formula is C46H78O4. The number of carboxylic acid groups (broad SMARTS) is 1. The highest BCUT2D eigenvalue weighted by molar-refractivity contribution is 5.69. The summed E-state index contributed by atoms with van der Waals surface area (Å²) in [5.41, 5.74) is 0. The molecular weight excluding hydrogens is 617 g/mol. The quantitative estimate of drug-likeness (QED) is 0.0399. The van der Waals surface area contributed by atoms with Crippen molar-refractivity contribution >= 4 is 11.9 Å². The summed E-state index contributed by atoms with van der Waals surface area (Å²) in [6, 6.07) is 0. The Labute approximate surface area is 309 Å². The van der Waals surface area contributed by atoms with Crippen molar-refractivity contribution in [3.63, 3.8) is 0 Å². The first-order valence-electron chi connectivity index (χ1n) is 20.9. The molecule has 1 unspecified atom stereocenters. The number of esters is 1. The lowest BCUT2D eigenvalue weighted by molar-refractivity contribution is -0.149. The molecule has 50 heavy (non-hydrogen) atoms. The number of aliphatic carboxylic acids is 1. The molecule has 0 aromatic carbocycles. The minimum Gasteiger partial charge on any atom is -0.481 e. The van der Waals surface area contributed by atoms with Gasteiger partial charge in [0, 0.05) is 12.8 Å². The van der Waals surface area contributed by atoms with Crippen LogP contribution in [0.5, 0.6) is 0 Å². The average molecular weight is 695 g/mol. The van der Waals surface area contributed by atoms with Gasteiger partial charge in [-0.05, 0) is 77.0 Å². The number of carbonyl (C=O) groups excluding carboxylic acids is 1. The van der Waals surface area contributed by atoms with Gasteiger partial charge in [0.25, 0.3) is 0 Å². The Balaban J connectivity index is 4.02. The minimum absolute atomic E-state index is 0.0386. The van der Waals surface area contributed by atoms with E-state index >= 15 is 0 Å². The molecule has 0 heterocycles. The third kappa shape index (κ3) is 39.8. The molecule has 0 bridgehead atoms. The summed E-state index contributed by atoms with van der Waals surface area (Å²) >= 11 is 0. The molecule has 0 aliphatic heterocycles. The zero-order valence-corrected chi connectivity index (χ0v) is 32.7. The van der Waals surface area contributed by atoms with E-state index in [-0.39, 0.29) is 12.1 Å². The Morgan fingerprint density at radius 3 is 1.22 bits per heavy atom. The first-order valence-corrected chi connectivity index (χ1v) is 20.9. The van der Waals surface area contributed by atoms with Crippen molar-refractivity contribution in [1.82, 2.24) is 0 Å². The number of unbranched alkanes of at least 4 members (excludes halogenated alkanes) is 16. The standard InChI is InChI=1S/C46H78O4/c1-3-5-7-9-10-11-12-13-14-15-16-17-18-22-25-28-31-35-39-43-46(49)50-44(40-36-32-8-6-4-2)41-37-33-29-26-23-20-19-21-24-27-30-34-38-42-45(47)48/h5,7,10-11,13-14,16-17,22,25,31,35,44H,3-4,6,8-9,12,15,18-21,23-24,26-30,32-34,36-43H2,1-2H3,(H,47,48)/b7-5-,11-10-,14-13-,17-16-,25-22-,35-31-. The predicted octanol–water partition coefficient (Wildman–Crippen LogP) is 14.7. The van der Waals surface area contributed by atoms with Crippen molar-refractivity contribution in [3.05, 3.63) is 72.9 Å². The third-order valence-corrected chi connectivity index (χ3v) is 8.96. The predicted molar refractivity (Wildman–Crippen MR) is 218 cm³/mol. The van der Waals surface area contributed by atoms with Gasteiger partial charge in [0.15, 0.2) is 0 Å². The largest absolute Gasteiger partial charge is 0.481 e. The lowest BCUT2D eigenvalue weighted by Crippen LogP contribution is -2.18. The number of rotatable bonds is 37. The summed E-state index contributed by atoms with van der Waals surface area (Å²) in [7, 11) is 0. The topological polar surface area (TPSA) is 63.6 Å². The van der Waals surface area contributed by atoms with E-state index in [1.165, 1.54) is 89.9 Å². The molecule has 0 aliphatic rings. The van der Waals surface area contributed by atoms with Gasteiger partial charge in [-0.3, -0.25) is 9.59 Å². The average Bonchev–Trinajstić information content (AvgIpc) is 3.10. The van der Waals surface area contributed by atoms with Crippen molar-refractivity contribution in [2.24, 2.45) is 0 Å². The van der Waals surface area contributed by atoms with Crippen LogP contribution < -0.4 is 0 Å². The normalized spacial score (nSPS) is 13.0. The molecule has 0 radical (unpaired) electrons. The van der Waals surface area contributed by atoms with Crippen LogP contribution in [-0.2, 0) is 14.3 Å². The highest BCUT2D eigenvalue weighted by atomic mass is 16.5. The number of carbonyl (C=O) groups is 2. The van der Waals surface area contributed by atoms with Gasteiger partial charge in [-0.15, -0.1) is 0 Å². The monoisotopic (exact) mass is 695 g/mol. The molecule has 0 spiro atoms. The van der Waals surface area contributed by atoms with Crippen LogP contribution in [0.3, 0.4) is 0 Å². The van der Waals surface area contributed by atoms with Crippen molar-refractivity contribution in [1.29, 1.82) is 0 Å². The number of hydrogen-bond acceptors (Lipinski definition) is 3. The molecule has 1 atom stereocenters. The summed E-state index contributed by atoms with van der Waals surface area (Å²) in [4.78, 5) is 23.2. The van der Waals surface area contributed by atoms with Crippen molar-refractivity contribution < 1.29 is 19.4 Å². The maximum absolute atomic E-state index is 12.6. The van der Waals surface area contributed by atoms with Crippen LogP contribution in [0, 0.1) is 0 Å². The van der Waals surface area contributed by atoms with Crippen LogP contribution >= 0.6 is 0 Å². The van der Waals surface area contributed by atoms with E-state index in [1.54, 1.807) is 0 Å². The zero-order chi connectivity index (χ0) is 36.4. The Hall–Kier alpha value is -2.62. The Morgan fingerprint density at radius 2 is 0.820 bits per heavy atom. The number of allylic oxidation sites excluding steroid dienone is 12. The first kappa shape index (κ1) is 47.4. The van der Waals surface area contributed by atoms with Crippen LogP contribution in [0.15, 0.2) is 72.9 Å². The van der Waals surface area contributed by atoms with Crippen molar-refractivity contribution in [2.75, 3.05) is 0 Å². The van der Waals surface area contributed by atoms with Crippen molar-refractivity contribution in [2.45, 2.75) is 206 Å². The second kappa shape index (κ2) is 40.8. The lowest BCUT2D eigenvalue weighted by atomic mass is 10.0.